The van der Waals surface area contributed by atoms with Gasteiger partial charge >= 0.3 is 0 Å². The van der Waals surface area contributed by atoms with Gasteiger partial charge < -0.3 is 20.5 Å². The van der Waals surface area contributed by atoms with Crippen LogP contribution in [0.15, 0.2) is 107 Å². The third-order valence-electron chi connectivity index (χ3n) is 4.76. The fraction of sp³-hybridized carbons (Fsp3) is 0.0400. The lowest BCUT2D eigenvalue weighted by Crippen LogP contribution is -2.01. The summed E-state index contributed by atoms with van der Waals surface area (Å²) in [5.41, 5.74) is 7.29. The molecule has 7 heteroatoms. The van der Waals surface area contributed by atoms with Gasteiger partial charge in [0.25, 0.3) is 0 Å². The van der Waals surface area contributed by atoms with Gasteiger partial charge in [-0.3, -0.25) is 0 Å². The lowest BCUT2D eigenvalue weighted by molar-refractivity contribution is 0.482. The molecule has 0 aromatic heterocycles. The van der Waals surface area contributed by atoms with Crippen molar-refractivity contribution < 1.29 is 17.9 Å². The van der Waals surface area contributed by atoms with Crippen LogP contribution in [0.4, 0.5) is 11.4 Å². The average Bonchev–Trinajstić information content (AvgIpc) is 2.82. The van der Waals surface area contributed by atoms with E-state index in [9.17, 15) is 8.42 Å². The summed E-state index contributed by atoms with van der Waals surface area (Å²) >= 11 is 0. The highest BCUT2D eigenvalue weighted by Gasteiger charge is 2.18. The second-order valence-electron chi connectivity index (χ2n) is 6.99. The Morgan fingerprint density at radius 3 is 1.31 bits per heavy atom. The van der Waals surface area contributed by atoms with Crippen molar-refractivity contribution >= 4 is 21.2 Å². The van der Waals surface area contributed by atoms with E-state index >= 15 is 0 Å². The molecular formula is C25H22N2O4S. The molecular weight excluding hydrogens is 424 g/mol. The van der Waals surface area contributed by atoms with Crippen LogP contribution in [0.1, 0.15) is 0 Å². The third kappa shape index (κ3) is 4.84. The van der Waals surface area contributed by atoms with Crippen LogP contribution in [0.2, 0.25) is 0 Å². The van der Waals surface area contributed by atoms with Crippen molar-refractivity contribution in [2.24, 2.45) is 0 Å². The van der Waals surface area contributed by atoms with E-state index in [1.54, 1.807) is 48.5 Å². The lowest BCUT2D eigenvalue weighted by Gasteiger charge is -2.10. The number of rotatable bonds is 7. The van der Waals surface area contributed by atoms with E-state index in [1.165, 1.54) is 24.3 Å². The monoisotopic (exact) mass is 446 g/mol. The maximum atomic E-state index is 13.0. The van der Waals surface area contributed by atoms with E-state index in [1.807, 2.05) is 31.3 Å². The fourth-order valence-corrected chi connectivity index (χ4v) is 4.27. The molecule has 0 fully saturated rings. The first-order chi connectivity index (χ1) is 15.4. The van der Waals surface area contributed by atoms with Crippen LogP contribution in [0.5, 0.6) is 23.0 Å². The minimum absolute atomic E-state index is 0.179. The highest BCUT2D eigenvalue weighted by molar-refractivity contribution is 7.91. The molecule has 32 heavy (non-hydrogen) atoms. The zero-order valence-electron chi connectivity index (χ0n) is 17.4. The van der Waals surface area contributed by atoms with E-state index in [0.717, 1.165) is 5.69 Å². The molecule has 4 rings (SSSR count). The van der Waals surface area contributed by atoms with Crippen molar-refractivity contribution in [3.8, 4) is 23.0 Å². The van der Waals surface area contributed by atoms with Gasteiger partial charge in [0.05, 0.1) is 9.79 Å². The smallest absolute Gasteiger partial charge is 0.206 e. The fourth-order valence-electron chi connectivity index (χ4n) is 3.01. The van der Waals surface area contributed by atoms with Crippen molar-refractivity contribution in [1.82, 2.24) is 0 Å². The molecule has 0 amide bonds. The van der Waals surface area contributed by atoms with Crippen molar-refractivity contribution in [3.05, 3.63) is 97.1 Å². The Morgan fingerprint density at radius 2 is 0.938 bits per heavy atom. The molecule has 6 nitrogen and oxygen atoms in total. The van der Waals surface area contributed by atoms with E-state index in [4.69, 9.17) is 15.2 Å². The SMILES string of the molecule is CNc1ccc(Oc2ccc(S(=O)(=O)c3ccc(Oc4ccc(N)cc4)cc3)cc2)cc1. The molecule has 0 saturated carbocycles. The second-order valence-corrected chi connectivity index (χ2v) is 8.94. The van der Waals surface area contributed by atoms with Gasteiger partial charge in [-0.25, -0.2) is 8.42 Å². The summed E-state index contributed by atoms with van der Waals surface area (Å²) in [7, 11) is -1.83. The van der Waals surface area contributed by atoms with E-state index < -0.39 is 9.84 Å². The standard InChI is InChI=1S/C25H22N2O4S/c1-27-19-4-8-21(9-5-19)31-23-12-16-25(17-13-23)32(28,29)24-14-10-22(11-15-24)30-20-6-2-18(26)3-7-20/h2-17,27H,26H2,1H3. The van der Waals surface area contributed by atoms with Gasteiger partial charge in [-0.2, -0.15) is 0 Å². The van der Waals surface area contributed by atoms with Crippen molar-refractivity contribution in [3.63, 3.8) is 0 Å². The first-order valence-corrected chi connectivity index (χ1v) is 11.4. The number of nitrogen functional groups attached to an aromatic ring is 1. The molecule has 4 aromatic rings. The Morgan fingerprint density at radius 1 is 0.594 bits per heavy atom. The lowest BCUT2D eigenvalue weighted by atomic mass is 10.3. The van der Waals surface area contributed by atoms with Gasteiger partial charge in [0.1, 0.15) is 23.0 Å². The van der Waals surface area contributed by atoms with Crippen molar-refractivity contribution in [1.29, 1.82) is 0 Å². The quantitative estimate of drug-likeness (QED) is 0.353. The maximum absolute atomic E-state index is 13.0. The number of ether oxygens (including phenoxy) is 2. The molecule has 0 unspecified atom stereocenters. The van der Waals surface area contributed by atoms with Gasteiger partial charge in [0.15, 0.2) is 0 Å². The molecule has 0 bridgehead atoms. The van der Waals surface area contributed by atoms with Crippen molar-refractivity contribution in [2.75, 3.05) is 18.1 Å². The summed E-state index contributed by atoms with van der Waals surface area (Å²) in [6, 6.07) is 27.1. The summed E-state index contributed by atoms with van der Waals surface area (Å²) in [4.78, 5) is 0.362. The Kier molecular flexibility index (Phi) is 6.00. The summed E-state index contributed by atoms with van der Waals surface area (Å²) < 4.78 is 37.5. The summed E-state index contributed by atoms with van der Waals surface area (Å²) in [6.45, 7) is 0. The molecule has 0 aliphatic rings. The normalized spacial score (nSPS) is 11.0. The molecule has 162 valence electrons. The summed E-state index contributed by atoms with van der Waals surface area (Å²) in [5, 5.41) is 3.04. The number of hydrogen-bond donors (Lipinski definition) is 2. The molecule has 4 aromatic carbocycles. The molecule has 0 radical (unpaired) electrons. The van der Waals surface area contributed by atoms with Crippen LogP contribution in [-0.2, 0) is 9.84 Å². The number of nitrogens with one attached hydrogen (secondary N) is 1. The molecule has 0 heterocycles. The van der Waals surface area contributed by atoms with Crippen LogP contribution in [0, 0.1) is 0 Å². The highest BCUT2D eigenvalue weighted by atomic mass is 32.2. The largest absolute Gasteiger partial charge is 0.457 e. The predicted molar refractivity (Wildman–Crippen MR) is 125 cm³/mol. The van der Waals surface area contributed by atoms with Crippen LogP contribution in [0.25, 0.3) is 0 Å². The molecule has 3 N–H and O–H groups in total. The predicted octanol–water partition coefficient (Wildman–Crippen LogP) is 5.73. The van der Waals surface area contributed by atoms with Gasteiger partial charge in [0.2, 0.25) is 9.84 Å². The van der Waals surface area contributed by atoms with Crippen LogP contribution < -0.4 is 20.5 Å². The Hall–Kier alpha value is -3.97. The second kappa shape index (κ2) is 9.03. The maximum Gasteiger partial charge on any atom is 0.206 e. The van der Waals surface area contributed by atoms with E-state index in [2.05, 4.69) is 5.32 Å². The van der Waals surface area contributed by atoms with Crippen molar-refractivity contribution in [2.45, 2.75) is 9.79 Å². The minimum atomic E-state index is -3.67. The van der Waals surface area contributed by atoms with Crippen LogP contribution in [-0.4, -0.2) is 15.5 Å². The summed E-state index contributed by atoms with van der Waals surface area (Å²) in [5.74, 6) is 2.36. The molecule has 0 saturated heterocycles. The van der Waals surface area contributed by atoms with Crippen LogP contribution in [0.3, 0.4) is 0 Å². The number of nitrogens with two attached hydrogens (primary N) is 1. The zero-order chi connectivity index (χ0) is 22.6. The van der Waals surface area contributed by atoms with Gasteiger partial charge in [0, 0.05) is 18.4 Å². The number of anilines is 2. The average molecular weight is 447 g/mol. The van der Waals surface area contributed by atoms with E-state index in [0.29, 0.717) is 28.7 Å². The number of sulfone groups is 1. The highest BCUT2D eigenvalue weighted by Crippen LogP contribution is 2.29. The van der Waals surface area contributed by atoms with Gasteiger partial charge in [-0.05, 0) is 97.1 Å². The van der Waals surface area contributed by atoms with Gasteiger partial charge in [-0.1, -0.05) is 0 Å². The zero-order valence-corrected chi connectivity index (χ0v) is 18.2. The molecule has 0 aliphatic carbocycles. The molecule has 0 atom stereocenters. The Labute approximate surface area is 187 Å². The topological polar surface area (TPSA) is 90.6 Å². The first-order valence-electron chi connectivity index (χ1n) is 9.88. The van der Waals surface area contributed by atoms with Gasteiger partial charge in [-0.15, -0.1) is 0 Å². The summed E-state index contributed by atoms with van der Waals surface area (Å²) in [6.07, 6.45) is 0. The Balaban J connectivity index is 1.46. The first kappa shape index (κ1) is 21.3. The Bertz CT molecular complexity index is 1280. The van der Waals surface area contributed by atoms with Crippen LogP contribution >= 0.6 is 0 Å². The molecule has 0 aliphatic heterocycles. The third-order valence-corrected chi connectivity index (χ3v) is 6.55. The number of benzene rings is 4. The minimum Gasteiger partial charge on any atom is -0.457 e. The number of hydrogen-bond acceptors (Lipinski definition) is 6. The molecule has 0 spiro atoms. The van der Waals surface area contributed by atoms with E-state index in [-0.39, 0.29) is 9.79 Å².